The molecule has 2 atom stereocenters. The summed E-state index contributed by atoms with van der Waals surface area (Å²) in [6.07, 6.45) is 2.23. The SMILES string of the molecule is O=C(CCC(=O)NC1Cc2ccccc21)NC1Cc2ccccc21. The largest absolute Gasteiger partial charge is 0.349 e. The standard InChI is InChI=1S/C20H20N2O2/c23-19(21-17-11-13-5-1-3-7-15(13)17)9-10-20(24)22-18-12-14-6-2-4-8-16(14)18/h1-8,17-18H,9-12H2,(H,21,23)(H,22,24). The molecule has 4 heteroatoms. The molecule has 2 unspecified atom stereocenters. The second-order valence-corrected chi connectivity index (χ2v) is 6.55. The highest BCUT2D eigenvalue weighted by atomic mass is 16.2. The summed E-state index contributed by atoms with van der Waals surface area (Å²) in [5, 5.41) is 6.01. The Hall–Kier alpha value is -2.62. The van der Waals surface area contributed by atoms with Crippen molar-refractivity contribution >= 4 is 11.8 Å². The topological polar surface area (TPSA) is 58.2 Å². The minimum absolute atomic E-state index is 0.0568. The van der Waals surface area contributed by atoms with Crippen LogP contribution in [0.2, 0.25) is 0 Å². The molecule has 0 aliphatic heterocycles. The first-order valence-corrected chi connectivity index (χ1v) is 8.45. The van der Waals surface area contributed by atoms with Crippen LogP contribution in [0.5, 0.6) is 0 Å². The zero-order valence-corrected chi connectivity index (χ0v) is 13.4. The predicted molar refractivity (Wildman–Crippen MR) is 91.3 cm³/mol. The summed E-state index contributed by atoms with van der Waals surface area (Å²) in [6.45, 7) is 0. The number of rotatable bonds is 5. The summed E-state index contributed by atoms with van der Waals surface area (Å²) in [5.41, 5.74) is 4.98. The van der Waals surface area contributed by atoms with Crippen LogP contribution in [-0.2, 0) is 22.4 Å². The van der Waals surface area contributed by atoms with Gasteiger partial charge in [-0.25, -0.2) is 0 Å². The van der Waals surface area contributed by atoms with Crippen molar-refractivity contribution < 1.29 is 9.59 Å². The molecule has 0 fully saturated rings. The molecule has 0 aromatic heterocycles. The van der Waals surface area contributed by atoms with E-state index in [9.17, 15) is 9.59 Å². The van der Waals surface area contributed by atoms with Gasteiger partial charge >= 0.3 is 0 Å². The second kappa shape index (κ2) is 6.11. The smallest absolute Gasteiger partial charge is 0.221 e. The van der Waals surface area contributed by atoms with Crippen molar-refractivity contribution in [3.05, 3.63) is 70.8 Å². The Kier molecular flexibility index (Phi) is 3.81. The van der Waals surface area contributed by atoms with Gasteiger partial charge in [-0.05, 0) is 35.1 Å². The van der Waals surface area contributed by atoms with E-state index < -0.39 is 0 Å². The van der Waals surface area contributed by atoms with E-state index in [1.807, 2.05) is 36.4 Å². The van der Waals surface area contributed by atoms with E-state index >= 15 is 0 Å². The van der Waals surface area contributed by atoms with E-state index in [0.29, 0.717) is 0 Å². The number of hydrogen-bond donors (Lipinski definition) is 2. The molecule has 122 valence electrons. The van der Waals surface area contributed by atoms with Gasteiger partial charge in [0.25, 0.3) is 0 Å². The number of amides is 2. The van der Waals surface area contributed by atoms with Crippen molar-refractivity contribution in [2.75, 3.05) is 0 Å². The van der Waals surface area contributed by atoms with Crippen LogP contribution in [-0.4, -0.2) is 11.8 Å². The lowest BCUT2D eigenvalue weighted by atomic mass is 9.83. The van der Waals surface area contributed by atoms with Gasteiger partial charge in [-0.3, -0.25) is 9.59 Å². The van der Waals surface area contributed by atoms with Gasteiger partial charge in [-0.15, -0.1) is 0 Å². The number of fused-ring (bicyclic) bond motifs is 2. The number of carbonyl (C=O) groups is 2. The van der Waals surface area contributed by atoms with Crippen molar-refractivity contribution in [3.63, 3.8) is 0 Å². The molecule has 2 amide bonds. The van der Waals surface area contributed by atoms with E-state index in [0.717, 1.165) is 12.8 Å². The summed E-state index contributed by atoms with van der Waals surface area (Å²) in [7, 11) is 0. The lowest BCUT2D eigenvalue weighted by Crippen LogP contribution is -2.38. The monoisotopic (exact) mass is 320 g/mol. The van der Waals surface area contributed by atoms with Crippen LogP contribution in [0, 0.1) is 0 Å². The Morgan fingerprint density at radius 1 is 0.750 bits per heavy atom. The maximum atomic E-state index is 12.0. The molecule has 0 saturated carbocycles. The van der Waals surface area contributed by atoms with E-state index in [1.54, 1.807) is 0 Å². The molecule has 2 N–H and O–H groups in total. The van der Waals surface area contributed by atoms with Crippen LogP contribution in [0.1, 0.15) is 47.2 Å². The number of benzene rings is 2. The fourth-order valence-electron chi connectivity index (χ4n) is 3.54. The second-order valence-electron chi connectivity index (χ2n) is 6.55. The van der Waals surface area contributed by atoms with Crippen LogP contribution >= 0.6 is 0 Å². The van der Waals surface area contributed by atoms with Crippen LogP contribution in [0.25, 0.3) is 0 Å². The van der Waals surface area contributed by atoms with E-state index in [4.69, 9.17) is 0 Å². The third kappa shape index (κ3) is 2.80. The first kappa shape index (κ1) is 14.9. The van der Waals surface area contributed by atoms with Gasteiger partial charge in [0.1, 0.15) is 0 Å². The van der Waals surface area contributed by atoms with Gasteiger partial charge in [-0.1, -0.05) is 48.5 Å². The minimum Gasteiger partial charge on any atom is -0.349 e. The molecule has 24 heavy (non-hydrogen) atoms. The van der Waals surface area contributed by atoms with Crippen molar-refractivity contribution in [2.45, 2.75) is 37.8 Å². The molecule has 0 radical (unpaired) electrons. The van der Waals surface area contributed by atoms with Gasteiger partial charge in [0, 0.05) is 12.8 Å². The summed E-state index contributed by atoms with van der Waals surface area (Å²) >= 11 is 0. The van der Waals surface area contributed by atoms with Gasteiger partial charge in [0.15, 0.2) is 0 Å². The summed E-state index contributed by atoms with van der Waals surface area (Å²) < 4.78 is 0. The first-order chi connectivity index (χ1) is 11.7. The van der Waals surface area contributed by atoms with Crippen molar-refractivity contribution in [2.24, 2.45) is 0 Å². The van der Waals surface area contributed by atoms with Crippen molar-refractivity contribution in [3.8, 4) is 0 Å². The molecule has 0 saturated heterocycles. The predicted octanol–water partition coefficient (Wildman–Crippen LogP) is 2.59. The Morgan fingerprint density at radius 3 is 1.58 bits per heavy atom. The quantitative estimate of drug-likeness (QED) is 0.889. The maximum Gasteiger partial charge on any atom is 0.221 e. The number of nitrogens with one attached hydrogen (secondary N) is 2. The Labute approximate surface area is 141 Å². The maximum absolute atomic E-state index is 12.0. The Bertz CT molecular complexity index is 732. The number of carbonyl (C=O) groups excluding carboxylic acids is 2. The van der Waals surface area contributed by atoms with Crippen LogP contribution in [0.4, 0.5) is 0 Å². The van der Waals surface area contributed by atoms with Crippen molar-refractivity contribution in [1.29, 1.82) is 0 Å². The Morgan fingerprint density at radius 2 is 1.17 bits per heavy atom. The Balaban J connectivity index is 1.22. The number of hydrogen-bond acceptors (Lipinski definition) is 2. The van der Waals surface area contributed by atoms with Gasteiger partial charge < -0.3 is 10.6 Å². The average Bonchev–Trinajstić information content (AvgIpc) is 2.56. The normalized spacial score (nSPS) is 20.0. The fourth-order valence-corrected chi connectivity index (χ4v) is 3.54. The zero-order valence-electron chi connectivity index (χ0n) is 13.4. The highest BCUT2D eigenvalue weighted by Crippen LogP contribution is 2.33. The third-order valence-electron chi connectivity index (χ3n) is 4.96. The van der Waals surface area contributed by atoms with E-state index in [2.05, 4.69) is 22.8 Å². The molecule has 2 aliphatic carbocycles. The van der Waals surface area contributed by atoms with Crippen LogP contribution < -0.4 is 10.6 Å². The molecule has 0 heterocycles. The molecule has 2 aliphatic rings. The van der Waals surface area contributed by atoms with E-state index in [-0.39, 0.29) is 36.7 Å². The average molecular weight is 320 g/mol. The molecule has 0 bridgehead atoms. The molecule has 4 rings (SSSR count). The fraction of sp³-hybridized carbons (Fsp3) is 0.300. The van der Waals surface area contributed by atoms with Gasteiger partial charge in [0.2, 0.25) is 11.8 Å². The molecular formula is C20H20N2O2. The lowest BCUT2D eigenvalue weighted by molar-refractivity contribution is -0.127. The molecule has 4 nitrogen and oxygen atoms in total. The van der Waals surface area contributed by atoms with Gasteiger partial charge in [0.05, 0.1) is 12.1 Å². The van der Waals surface area contributed by atoms with E-state index in [1.165, 1.54) is 22.3 Å². The zero-order chi connectivity index (χ0) is 16.5. The summed E-state index contributed by atoms with van der Waals surface area (Å²) in [5.74, 6) is -0.114. The molecule has 2 aromatic rings. The third-order valence-corrected chi connectivity index (χ3v) is 4.96. The first-order valence-electron chi connectivity index (χ1n) is 8.45. The molecule has 2 aromatic carbocycles. The lowest BCUT2D eigenvalue weighted by Gasteiger charge is -2.31. The van der Waals surface area contributed by atoms with Crippen molar-refractivity contribution in [1.82, 2.24) is 10.6 Å². The highest BCUT2D eigenvalue weighted by Gasteiger charge is 2.28. The minimum atomic E-state index is -0.0568. The summed E-state index contributed by atoms with van der Waals surface area (Å²) in [6, 6.07) is 16.5. The molecular weight excluding hydrogens is 300 g/mol. The van der Waals surface area contributed by atoms with Gasteiger partial charge in [-0.2, -0.15) is 0 Å². The van der Waals surface area contributed by atoms with Crippen LogP contribution in [0.15, 0.2) is 48.5 Å². The van der Waals surface area contributed by atoms with Crippen LogP contribution in [0.3, 0.4) is 0 Å². The molecule has 0 spiro atoms. The summed E-state index contributed by atoms with van der Waals surface area (Å²) in [4.78, 5) is 24.1. The highest BCUT2D eigenvalue weighted by molar-refractivity contribution is 5.84.